The predicted molar refractivity (Wildman–Crippen MR) is 142 cm³/mol. The van der Waals surface area contributed by atoms with Crippen molar-refractivity contribution in [3.8, 4) is 5.75 Å². The minimum atomic E-state index is -0.499. The van der Waals surface area contributed by atoms with Crippen LogP contribution in [0.25, 0.3) is 0 Å². The highest BCUT2D eigenvalue weighted by atomic mass is 16.5. The molecule has 0 aliphatic carbocycles. The molecule has 4 rings (SSSR count). The standard InChI is InChI=1S/C25H33N9O6/c1-14-9-34(15(2)12-35)24(37)19-8-18(27-22(36)11-33-13-26-30-31-33)6-7-20(19)39-21(14)10-32(5)25(38)28-23-16(3)29-40-17(23)4/h6-8,13-15,21,35H,9-12H2,1-5H3,(H,27,36)(H,28,38)/t14-,15+,21-/m0/s1. The minimum Gasteiger partial charge on any atom is -0.487 e. The molecule has 3 atom stereocenters. The molecule has 0 radical (unpaired) electrons. The molecule has 0 saturated heterocycles. The van der Waals surface area contributed by atoms with Gasteiger partial charge >= 0.3 is 6.03 Å². The Hall–Kier alpha value is -4.53. The maximum Gasteiger partial charge on any atom is 0.321 e. The number of carbonyl (C=O) groups excluding carboxylic acids is 3. The van der Waals surface area contributed by atoms with Crippen LogP contribution in [0.1, 0.15) is 35.7 Å². The maximum atomic E-state index is 13.6. The van der Waals surface area contributed by atoms with Crippen LogP contribution < -0.4 is 15.4 Å². The van der Waals surface area contributed by atoms with Crippen LogP contribution in [0.4, 0.5) is 16.2 Å². The molecule has 0 saturated carbocycles. The van der Waals surface area contributed by atoms with Gasteiger partial charge in [-0.1, -0.05) is 12.1 Å². The van der Waals surface area contributed by atoms with E-state index in [-0.39, 0.29) is 55.6 Å². The lowest BCUT2D eigenvalue weighted by Gasteiger charge is -2.38. The highest BCUT2D eigenvalue weighted by molar-refractivity contribution is 6.00. The molecule has 15 heteroatoms. The Morgan fingerprint density at radius 2 is 2.05 bits per heavy atom. The van der Waals surface area contributed by atoms with Gasteiger partial charge in [0, 0.05) is 25.2 Å². The lowest BCUT2D eigenvalue weighted by molar-refractivity contribution is -0.116. The Kier molecular flexibility index (Phi) is 8.62. The van der Waals surface area contributed by atoms with E-state index in [1.54, 1.807) is 44.9 Å². The molecule has 40 heavy (non-hydrogen) atoms. The number of aromatic nitrogens is 5. The number of urea groups is 1. The number of ether oxygens (including phenoxy) is 1. The molecule has 3 aromatic rings. The zero-order valence-electron chi connectivity index (χ0n) is 23.0. The number of nitrogens with one attached hydrogen (secondary N) is 2. The first-order chi connectivity index (χ1) is 19.1. The van der Waals surface area contributed by atoms with Crippen LogP contribution in [0.15, 0.2) is 29.0 Å². The van der Waals surface area contributed by atoms with Crippen molar-refractivity contribution in [3.63, 3.8) is 0 Å². The Labute approximate surface area is 230 Å². The number of likely N-dealkylation sites (N-methyl/N-ethyl adjacent to an activating group) is 1. The summed E-state index contributed by atoms with van der Waals surface area (Å²) in [6.45, 7) is 7.26. The van der Waals surface area contributed by atoms with Crippen LogP contribution in [0.5, 0.6) is 5.75 Å². The molecule has 0 spiro atoms. The van der Waals surface area contributed by atoms with Gasteiger partial charge in [-0.25, -0.2) is 9.48 Å². The largest absolute Gasteiger partial charge is 0.487 e. The summed E-state index contributed by atoms with van der Waals surface area (Å²) in [5.74, 6) is -0.130. The van der Waals surface area contributed by atoms with E-state index in [9.17, 15) is 19.5 Å². The average Bonchev–Trinajstić information content (AvgIpc) is 3.55. The van der Waals surface area contributed by atoms with E-state index in [0.717, 1.165) is 0 Å². The van der Waals surface area contributed by atoms with Crippen molar-refractivity contribution >= 4 is 29.2 Å². The summed E-state index contributed by atoms with van der Waals surface area (Å²) in [5, 5.41) is 30.0. The average molecular weight is 556 g/mol. The molecule has 4 amide bonds. The van der Waals surface area contributed by atoms with Crippen LogP contribution in [0.2, 0.25) is 0 Å². The van der Waals surface area contributed by atoms with Gasteiger partial charge in [-0.05, 0) is 49.4 Å². The lowest BCUT2D eigenvalue weighted by atomic mass is 9.99. The highest BCUT2D eigenvalue weighted by Crippen LogP contribution is 2.31. The highest BCUT2D eigenvalue weighted by Gasteiger charge is 2.34. The monoisotopic (exact) mass is 555 g/mol. The molecular formula is C25H33N9O6. The second-order valence-corrected chi connectivity index (χ2v) is 9.90. The zero-order chi connectivity index (χ0) is 29.0. The Balaban J connectivity index is 1.56. The minimum absolute atomic E-state index is 0.107. The summed E-state index contributed by atoms with van der Waals surface area (Å²) in [6.07, 6.45) is 0.819. The van der Waals surface area contributed by atoms with Crippen molar-refractivity contribution < 1.29 is 28.8 Å². The van der Waals surface area contributed by atoms with E-state index < -0.39 is 12.1 Å². The molecule has 1 aliphatic rings. The number of fused-ring (bicyclic) bond motifs is 1. The smallest absolute Gasteiger partial charge is 0.321 e. The summed E-state index contributed by atoms with van der Waals surface area (Å²) >= 11 is 0. The SMILES string of the molecule is Cc1noc(C)c1NC(=O)N(C)C[C@@H]1Oc2ccc(NC(=O)Cn3cnnn3)cc2C(=O)N([C@H](C)CO)C[C@@H]1C. The van der Waals surface area contributed by atoms with Gasteiger partial charge in [-0.3, -0.25) is 9.59 Å². The molecule has 1 aromatic carbocycles. The van der Waals surface area contributed by atoms with Gasteiger partial charge in [-0.2, -0.15) is 0 Å². The number of hydrogen-bond donors (Lipinski definition) is 3. The van der Waals surface area contributed by atoms with Crippen LogP contribution in [0, 0.1) is 19.8 Å². The fourth-order valence-electron chi connectivity index (χ4n) is 4.34. The van der Waals surface area contributed by atoms with Gasteiger partial charge in [0.25, 0.3) is 5.91 Å². The second-order valence-electron chi connectivity index (χ2n) is 9.90. The van der Waals surface area contributed by atoms with Crippen LogP contribution in [-0.4, -0.2) is 97.0 Å². The molecule has 1 aliphatic heterocycles. The van der Waals surface area contributed by atoms with Crippen LogP contribution in [0.3, 0.4) is 0 Å². The molecule has 2 aromatic heterocycles. The number of rotatable bonds is 8. The third kappa shape index (κ3) is 6.36. The number of aliphatic hydroxyl groups is 1. The van der Waals surface area contributed by atoms with Gasteiger partial charge in [0.2, 0.25) is 5.91 Å². The number of tetrazole rings is 1. The Morgan fingerprint density at radius 1 is 1.27 bits per heavy atom. The van der Waals surface area contributed by atoms with Crippen molar-refractivity contribution in [2.45, 2.75) is 46.4 Å². The van der Waals surface area contributed by atoms with Crippen molar-refractivity contribution in [3.05, 3.63) is 41.5 Å². The quantitative estimate of drug-likeness (QED) is 0.366. The van der Waals surface area contributed by atoms with E-state index in [2.05, 4.69) is 31.3 Å². The summed E-state index contributed by atoms with van der Waals surface area (Å²) in [7, 11) is 1.64. The third-order valence-corrected chi connectivity index (χ3v) is 6.71. The van der Waals surface area contributed by atoms with Gasteiger partial charge < -0.3 is 34.8 Å². The van der Waals surface area contributed by atoms with Crippen LogP contribution in [-0.2, 0) is 11.3 Å². The number of carbonyl (C=O) groups is 3. The van der Waals surface area contributed by atoms with Gasteiger partial charge in [-0.15, -0.1) is 5.10 Å². The topological polar surface area (TPSA) is 181 Å². The van der Waals surface area contributed by atoms with E-state index in [1.165, 1.54) is 22.0 Å². The van der Waals surface area contributed by atoms with E-state index >= 15 is 0 Å². The molecule has 0 fully saturated rings. The fourth-order valence-corrected chi connectivity index (χ4v) is 4.34. The van der Waals surface area contributed by atoms with Crippen molar-refractivity contribution in [2.24, 2.45) is 5.92 Å². The van der Waals surface area contributed by atoms with Crippen molar-refractivity contribution in [2.75, 3.05) is 37.4 Å². The Bertz CT molecular complexity index is 1340. The first kappa shape index (κ1) is 28.5. The van der Waals surface area contributed by atoms with Gasteiger partial charge in [0.15, 0.2) is 5.76 Å². The third-order valence-electron chi connectivity index (χ3n) is 6.71. The number of aryl methyl sites for hydroxylation is 2. The normalized spacial score (nSPS) is 17.8. The van der Waals surface area contributed by atoms with Crippen molar-refractivity contribution in [1.82, 2.24) is 35.2 Å². The van der Waals surface area contributed by atoms with E-state index in [0.29, 0.717) is 28.6 Å². The second kappa shape index (κ2) is 12.1. The molecule has 0 bridgehead atoms. The van der Waals surface area contributed by atoms with Gasteiger partial charge in [0.1, 0.15) is 36.1 Å². The molecule has 15 nitrogen and oxygen atoms in total. The molecule has 3 heterocycles. The number of nitrogens with zero attached hydrogens (tertiary/aromatic N) is 7. The predicted octanol–water partition coefficient (Wildman–Crippen LogP) is 1.30. The number of aliphatic hydroxyl groups excluding tert-OH is 1. The number of anilines is 2. The molecule has 3 N–H and O–H groups in total. The Morgan fingerprint density at radius 3 is 2.70 bits per heavy atom. The lowest BCUT2D eigenvalue weighted by Crippen LogP contribution is -2.50. The fraction of sp³-hybridized carbons (Fsp3) is 0.480. The molecular weight excluding hydrogens is 522 g/mol. The van der Waals surface area contributed by atoms with Gasteiger partial charge in [0.05, 0.1) is 24.8 Å². The van der Waals surface area contributed by atoms with E-state index in [4.69, 9.17) is 9.26 Å². The number of hydrogen-bond acceptors (Lipinski definition) is 10. The van der Waals surface area contributed by atoms with E-state index in [1.807, 2.05) is 6.92 Å². The first-order valence-corrected chi connectivity index (χ1v) is 12.8. The summed E-state index contributed by atoms with van der Waals surface area (Å²) in [5.41, 5.74) is 1.68. The zero-order valence-corrected chi connectivity index (χ0v) is 23.0. The summed E-state index contributed by atoms with van der Waals surface area (Å²) in [6, 6.07) is 3.93. The first-order valence-electron chi connectivity index (χ1n) is 12.8. The van der Waals surface area contributed by atoms with Crippen molar-refractivity contribution in [1.29, 1.82) is 0 Å². The number of benzene rings is 1. The maximum absolute atomic E-state index is 13.6. The van der Waals surface area contributed by atoms with Crippen LogP contribution >= 0.6 is 0 Å². The molecule has 214 valence electrons. The summed E-state index contributed by atoms with van der Waals surface area (Å²) < 4.78 is 12.7. The summed E-state index contributed by atoms with van der Waals surface area (Å²) in [4.78, 5) is 42.1. The molecule has 0 unspecified atom stereocenters. The number of amides is 4.